The van der Waals surface area contributed by atoms with Gasteiger partial charge < -0.3 is 9.73 Å². The number of halogens is 2. The number of rotatable bonds is 3. The number of fused-ring (bicyclic) bond motifs is 1. The summed E-state index contributed by atoms with van der Waals surface area (Å²) in [4.78, 5) is 16.7. The lowest BCUT2D eigenvalue weighted by Gasteiger charge is -2.07. The third kappa shape index (κ3) is 3.17. The molecule has 26 heavy (non-hydrogen) atoms. The SMILES string of the molecule is O=C(Nc1cccc(-c2nc3ccc(Cl)cc3o2)c1)c1ccccc1F. The van der Waals surface area contributed by atoms with E-state index in [0.29, 0.717) is 33.3 Å². The number of anilines is 1. The van der Waals surface area contributed by atoms with E-state index in [1.165, 1.54) is 18.2 Å². The molecule has 4 rings (SSSR count). The number of carbonyl (C=O) groups excluding carboxylic acids is 1. The van der Waals surface area contributed by atoms with Gasteiger partial charge in [-0.1, -0.05) is 29.8 Å². The lowest BCUT2D eigenvalue weighted by molar-refractivity contribution is 0.102. The van der Waals surface area contributed by atoms with Crippen LogP contribution in [0.2, 0.25) is 5.02 Å². The molecule has 3 aromatic carbocycles. The highest BCUT2D eigenvalue weighted by Gasteiger charge is 2.13. The van der Waals surface area contributed by atoms with Crippen LogP contribution in [0.15, 0.2) is 71.1 Å². The van der Waals surface area contributed by atoms with E-state index in [1.54, 1.807) is 42.5 Å². The Hall–Kier alpha value is -3.18. The Morgan fingerprint density at radius 1 is 1.04 bits per heavy atom. The zero-order valence-electron chi connectivity index (χ0n) is 13.4. The van der Waals surface area contributed by atoms with Crippen molar-refractivity contribution in [3.05, 3.63) is 83.1 Å². The molecule has 0 aliphatic carbocycles. The van der Waals surface area contributed by atoms with Crippen molar-refractivity contribution in [1.29, 1.82) is 0 Å². The Kier molecular flexibility index (Phi) is 4.14. The third-order valence-electron chi connectivity index (χ3n) is 3.84. The first-order valence-electron chi connectivity index (χ1n) is 7.82. The number of oxazole rings is 1. The predicted octanol–water partition coefficient (Wildman–Crippen LogP) is 5.54. The van der Waals surface area contributed by atoms with Gasteiger partial charge in [-0.15, -0.1) is 0 Å². The molecular formula is C20H12ClFN2O2. The minimum absolute atomic E-state index is 0.0191. The average Bonchev–Trinajstić information content (AvgIpc) is 3.05. The maximum absolute atomic E-state index is 13.7. The molecule has 0 saturated carbocycles. The van der Waals surface area contributed by atoms with Gasteiger partial charge in [-0.2, -0.15) is 0 Å². The van der Waals surface area contributed by atoms with E-state index in [2.05, 4.69) is 10.3 Å². The van der Waals surface area contributed by atoms with Gasteiger partial charge in [-0.25, -0.2) is 9.37 Å². The summed E-state index contributed by atoms with van der Waals surface area (Å²) in [7, 11) is 0. The van der Waals surface area contributed by atoms with Crippen molar-refractivity contribution in [2.75, 3.05) is 5.32 Å². The van der Waals surface area contributed by atoms with E-state index in [4.69, 9.17) is 16.0 Å². The van der Waals surface area contributed by atoms with Crippen LogP contribution in [-0.4, -0.2) is 10.9 Å². The standard InChI is InChI=1S/C20H12ClFN2O2/c21-13-8-9-17-18(11-13)26-20(24-17)12-4-3-5-14(10-12)23-19(25)15-6-1-2-7-16(15)22/h1-11H,(H,23,25). The number of carbonyl (C=O) groups is 1. The highest BCUT2D eigenvalue weighted by molar-refractivity contribution is 6.31. The molecule has 0 aliphatic rings. The Morgan fingerprint density at radius 2 is 1.88 bits per heavy atom. The second-order valence-electron chi connectivity index (χ2n) is 5.65. The molecule has 0 unspecified atom stereocenters. The van der Waals surface area contributed by atoms with Gasteiger partial charge >= 0.3 is 0 Å². The second-order valence-corrected chi connectivity index (χ2v) is 6.08. The fraction of sp³-hybridized carbons (Fsp3) is 0. The van der Waals surface area contributed by atoms with E-state index < -0.39 is 11.7 Å². The van der Waals surface area contributed by atoms with Gasteiger partial charge in [0.2, 0.25) is 5.89 Å². The van der Waals surface area contributed by atoms with E-state index >= 15 is 0 Å². The first kappa shape index (κ1) is 16.3. The highest BCUT2D eigenvalue weighted by Crippen LogP contribution is 2.28. The predicted molar refractivity (Wildman–Crippen MR) is 98.8 cm³/mol. The zero-order valence-corrected chi connectivity index (χ0v) is 14.1. The number of amides is 1. The number of nitrogens with one attached hydrogen (secondary N) is 1. The lowest BCUT2D eigenvalue weighted by atomic mass is 10.1. The van der Waals surface area contributed by atoms with Crippen molar-refractivity contribution < 1.29 is 13.6 Å². The molecule has 4 aromatic rings. The molecule has 1 N–H and O–H groups in total. The average molecular weight is 367 g/mol. The second kappa shape index (κ2) is 6.61. The molecule has 4 nitrogen and oxygen atoms in total. The molecule has 6 heteroatoms. The van der Waals surface area contributed by atoms with Crippen LogP contribution in [-0.2, 0) is 0 Å². The Balaban J connectivity index is 1.64. The Morgan fingerprint density at radius 3 is 2.73 bits per heavy atom. The molecule has 0 radical (unpaired) electrons. The number of hydrogen-bond donors (Lipinski definition) is 1. The van der Waals surface area contributed by atoms with Gasteiger partial charge in [0.1, 0.15) is 11.3 Å². The molecule has 0 spiro atoms. The van der Waals surface area contributed by atoms with Crippen LogP contribution in [0.25, 0.3) is 22.6 Å². The number of nitrogens with zero attached hydrogens (tertiary/aromatic N) is 1. The molecule has 0 atom stereocenters. The summed E-state index contributed by atoms with van der Waals surface area (Å²) >= 11 is 5.96. The van der Waals surface area contributed by atoms with Crippen LogP contribution in [0.4, 0.5) is 10.1 Å². The summed E-state index contributed by atoms with van der Waals surface area (Å²) < 4.78 is 19.5. The third-order valence-corrected chi connectivity index (χ3v) is 4.07. The molecular weight excluding hydrogens is 355 g/mol. The molecule has 128 valence electrons. The van der Waals surface area contributed by atoms with Crippen molar-refractivity contribution in [3.63, 3.8) is 0 Å². The van der Waals surface area contributed by atoms with Gasteiger partial charge in [0.15, 0.2) is 5.58 Å². The van der Waals surface area contributed by atoms with Crippen LogP contribution in [0.1, 0.15) is 10.4 Å². The van der Waals surface area contributed by atoms with E-state index in [-0.39, 0.29) is 5.56 Å². The first-order valence-corrected chi connectivity index (χ1v) is 8.20. The summed E-state index contributed by atoms with van der Waals surface area (Å²) in [6.07, 6.45) is 0. The molecule has 0 bridgehead atoms. The van der Waals surface area contributed by atoms with Crippen molar-refractivity contribution in [3.8, 4) is 11.5 Å². The quantitative estimate of drug-likeness (QED) is 0.518. The summed E-state index contributed by atoms with van der Waals surface area (Å²) in [6, 6.07) is 18.0. The van der Waals surface area contributed by atoms with Crippen LogP contribution in [0, 0.1) is 5.82 Å². The maximum Gasteiger partial charge on any atom is 0.258 e. The maximum atomic E-state index is 13.7. The Labute approximate surface area is 153 Å². The summed E-state index contributed by atoms with van der Waals surface area (Å²) in [5.74, 6) is -0.689. The van der Waals surface area contributed by atoms with Crippen molar-refractivity contribution in [2.24, 2.45) is 0 Å². The van der Waals surface area contributed by atoms with Gasteiger partial charge in [0.25, 0.3) is 5.91 Å². The summed E-state index contributed by atoms with van der Waals surface area (Å²) in [5.41, 5.74) is 2.44. The van der Waals surface area contributed by atoms with E-state index in [0.717, 1.165) is 0 Å². The molecule has 0 saturated heterocycles. The van der Waals surface area contributed by atoms with Crippen LogP contribution < -0.4 is 5.32 Å². The van der Waals surface area contributed by atoms with E-state index in [1.807, 2.05) is 6.07 Å². The van der Waals surface area contributed by atoms with Crippen LogP contribution >= 0.6 is 11.6 Å². The topological polar surface area (TPSA) is 55.1 Å². The highest BCUT2D eigenvalue weighted by atomic mass is 35.5. The Bertz CT molecular complexity index is 1120. The van der Waals surface area contributed by atoms with Crippen LogP contribution in [0.5, 0.6) is 0 Å². The van der Waals surface area contributed by atoms with Gasteiger partial charge in [0, 0.05) is 22.3 Å². The van der Waals surface area contributed by atoms with Crippen molar-refractivity contribution in [2.45, 2.75) is 0 Å². The summed E-state index contributed by atoms with van der Waals surface area (Å²) in [6.45, 7) is 0. The smallest absolute Gasteiger partial charge is 0.258 e. The van der Waals surface area contributed by atoms with Gasteiger partial charge in [-0.05, 0) is 42.5 Å². The molecule has 0 fully saturated rings. The molecule has 1 aromatic heterocycles. The molecule has 1 amide bonds. The minimum atomic E-state index is -0.572. The van der Waals surface area contributed by atoms with Crippen molar-refractivity contribution >= 4 is 34.3 Å². The molecule has 0 aliphatic heterocycles. The van der Waals surface area contributed by atoms with Gasteiger partial charge in [-0.3, -0.25) is 4.79 Å². The van der Waals surface area contributed by atoms with Gasteiger partial charge in [0.05, 0.1) is 5.56 Å². The lowest BCUT2D eigenvalue weighted by Crippen LogP contribution is -2.13. The van der Waals surface area contributed by atoms with Crippen molar-refractivity contribution in [1.82, 2.24) is 4.98 Å². The summed E-state index contributed by atoms with van der Waals surface area (Å²) in [5, 5.41) is 3.24. The fourth-order valence-corrected chi connectivity index (χ4v) is 2.76. The number of aromatic nitrogens is 1. The number of benzene rings is 3. The zero-order chi connectivity index (χ0) is 18.1. The van der Waals surface area contributed by atoms with Crippen LogP contribution in [0.3, 0.4) is 0 Å². The number of hydrogen-bond acceptors (Lipinski definition) is 3. The van der Waals surface area contributed by atoms with E-state index in [9.17, 15) is 9.18 Å². The normalized spacial score (nSPS) is 10.8. The monoisotopic (exact) mass is 366 g/mol. The fourth-order valence-electron chi connectivity index (χ4n) is 2.60. The minimum Gasteiger partial charge on any atom is -0.436 e. The largest absolute Gasteiger partial charge is 0.436 e. The first-order chi connectivity index (χ1) is 12.6. The molecule has 1 heterocycles.